The Morgan fingerprint density at radius 2 is 1.81 bits per heavy atom. The Hall–Kier alpha value is -0.0900. The third-order valence-electron chi connectivity index (χ3n) is 3.73. The Morgan fingerprint density at radius 1 is 1.19 bits per heavy atom. The van der Waals surface area contributed by atoms with Crippen molar-refractivity contribution in [1.82, 2.24) is 5.32 Å². The lowest BCUT2D eigenvalue weighted by Gasteiger charge is -2.32. The van der Waals surface area contributed by atoms with Gasteiger partial charge in [0.05, 0.1) is 5.25 Å². The molecular weight excluding hydrogens is 222 g/mol. The Labute approximate surface area is 99.9 Å². The molecule has 1 fully saturated rings. The Kier molecular flexibility index (Phi) is 4.80. The Morgan fingerprint density at radius 3 is 2.31 bits per heavy atom. The van der Waals surface area contributed by atoms with Gasteiger partial charge in [-0.3, -0.25) is 0 Å². The molecule has 0 aliphatic heterocycles. The van der Waals surface area contributed by atoms with Gasteiger partial charge in [-0.25, -0.2) is 8.42 Å². The van der Waals surface area contributed by atoms with Crippen molar-refractivity contribution in [2.24, 2.45) is 5.92 Å². The van der Waals surface area contributed by atoms with Gasteiger partial charge in [0, 0.05) is 18.3 Å². The summed E-state index contributed by atoms with van der Waals surface area (Å²) in [7, 11) is -2.85. The molecule has 0 aromatic carbocycles. The summed E-state index contributed by atoms with van der Waals surface area (Å²) in [5.41, 5.74) is 0. The lowest BCUT2D eigenvalue weighted by Crippen LogP contribution is -2.44. The highest BCUT2D eigenvalue weighted by Crippen LogP contribution is 2.24. The van der Waals surface area contributed by atoms with E-state index in [0.717, 1.165) is 25.7 Å². The van der Waals surface area contributed by atoms with Crippen molar-refractivity contribution in [3.05, 3.63) is 0 Å². The molecule has 1 aliphatic carbocycles. The zero-order chi connectivity index (χ0) is 12.3. The fraction of sp³-hybridized carbons (Fsp3) is 1.00. The van der Waals surface area contributed by atoms with Gasteiger partial charge in [0.2, 0.25) is 0 Å². The monoisotopic (exact) mass is 247 g/mol. The van der Waals surface area contributed by atoms with E-state index >= 15 is 0 Å². The third kappa shape index (κ3) is 4.06. The van der Waals surface area contributed by atoms with Gasteiger partial charge in [-0.2, -0.15) is 0 Å². The second-order valence-electron chi connectivity index (χ2n) is 5.51. The molecule has 96 valence electrons. The molecule has 3 nitrogen and oxygen atoms in total. The molecule has 4 heteroatoms. The van der Waals surface area contributed by atoms with Crippen LogP contribution in [0.5, 0.6) is 0 Å². The topological polar surface area (TPSA) is 46.2 Å². The first-order chi connectivity index (χ1) is 7.30. The zero-order valence-electron chi connectivity index (χ0n) is 10.9. The molecule has 0 amide bonds. The second-order valence-corrected chi connectivity index (χ2v) is 7.84. The van der Waals surface area contributed by atoms with Gasteiger partial charge in [-0.1, -0.05) is 20.3 Å². The van der Waals surface area contributed by atoms with E-state index in [-0.39, 0.29) is 5.25 Å². The normalized spacial score (nSPS) is 29.3. The van der Waals surface area contributed by atoms with Crippen LogP contribution in [0.15, 0.2) is 0 Å². The van der Waals surface area contributed by atoms with E-state index in [0.29, 0.717) is 18.0 Å². The molecule has 0 spiro atoms. The molecule has 3 atom stereocenters. The van der Waals surface area contributed by atoms with Gasteiger partial charge >= 0.3 is 0 Å². The molecule has 1 rings (SSSR count). The molecule has 1 saturated carbocycles. The predicted molar refractivity (Wildman–Crippen MR) is 68.3 cm³/mol. The van der Waals surface area contributed by atoms with Crippen molar-refractivity contribution >= 4 is 9.84 Å². The van der Waals surface area contributed by atoms with Crippen LogP contribution in [0.2, 0.25) is 0 Å². The van der Waals surface area contributed by atoms with Crippen LogP contribution in [-0.4, -0.2) is 32.0 Å². The minimum atomic E-state index is -2.85. The van der Waals surface area contributed by atoms with Gasteiger partial charge in [0.25, 0.3) is 0 Å². The average molecular weight is 247 g/mol. The van der Waals surface area contributed by atoms with Crippen molar-refractivity contribution in [2.75, 3.05) is 6.26 Å². The highest BCUT2D eigenvalue weighted by molar-refractivity contribution is 7.91. The van der Waals surface area contributed by atoms with E-state index in [1.165, 1.54) is 6.26 Å². The standard InChI is InChI=1S/C12H25NO2S/c1-9(2)10(3)13-11-6-5-7-12(8-11)16(4,14)15/h9-13H,5-8H2,1-4H3. The van der Waals surface area contributed by atoms with Crippen LogP contribution in [0, 0.1) is 5.92 Å². The van der Waals surface area contributed by atoms with Gasteiger partial charge in [-0.15, -0.1) is 0 Å². The number of nitrogens with one attached hydrogen (secondary N) is 1. The molecule has 0 bridgehead atoms. The van der Waals surface area contributed by atoms with E-state index in [1.807, 2.05) is 0 Å². The van der Waals surface area contributed by atoms with Crippen molar-refractivity contribution in [3.63, 3.8) is 0 Å². The largest absolute Gasteiger partial charge is 0.311 e. The molecule has 0 aromatic heterocycles. The van der Waals surface area contributed by atoms with Gasteiger partial charge < -0.3 is 5.32 Å². The fourth-order valence-corrected chi connectivity index (χ4v) is 3.43. The van der Waals surface area contributed by atoms with Crippen LogP contribution in [0.25, 0.3) is 0 Å². The maximum atomic E-state index is 11.5. The minimum Gasteiger partial charge on any atom is -0.311 e. The summed E-state index contributed by atoms with van der Waals surface area (Å²) in [6.07, 6.45) is 5.14. The lowest BCUT2D eigenvalue weighted by atomic mass is 9.93. The van der Waals surface area contributed by atoms with Gasteiger partial charge in [0.15, 0.2) is 0 Å². The summed E-state index contributed by atoms with van der Waals surface area (Å²) < 4.78 is 23.0. The maximum Gasteiger partial charge on any atom is 0.150 e. The lowest BCUT2D eigenvalue weighted by molar-refractivity contribution is 0.310. The number of rotatable bonds is 4. The zero-order valence-corrected chi connectivity index (χ0v) is 11.7. The van der Waals surface area contributed by atoms with E-state index in [9.17, 15) is 8.42 Å². The van der Waals surface area contributed by atoms with Gasteiger partial charge in [0.1, 0.15) is 9.84 Å². The molecular formula is C12H25NO2S. The fourth-order valence-electron chi connectivity index (χ4n) is 2.25. The highest BCUT2D eigenvalue weighted by atomic mass is 32.2. The SMILES string of the molecule is CC(C)C(C)NC1CCCC(S(C)(=O)=O)C1. The molecule has 16 heavy (non-hydrogen) atoms. The second kappa shape index (κ2) is 5.50. The summed E-state index contributed by atoms with van der Waals surface area (Å²) in [6, 6.07) is 0.842. The first-order valence-corrected chi connectivity index (χ1v) is 8.21. The number of hydrogen-bond acceptors (Lipinski definition) is 3. The number of hydrogen-bond donors (Lipinski definition) is 1. The van der Waals surface area contributed by atoms with E-state index in [1.54, 1.807) is 0 Å². The van der Waals surface area contributed by atoms with Crippen LogP contribution >= 0.6 is 0 Å². The van der Waals surface area contributed by atoms with Crippen LogP contribution in [0.1, 0.15) is 46.5 Å². The quantitative estimate of drug-likeness (QED) is 0.826. The first-order valence-electron chi connectivity index (χ1n) is 6.25. The van der Waals surface area contributed by atoms with Crippen LogP contribution in [0.3, 0.4) is 0 Å². The van der Waals surface area contributed by atoms with Gasteiger partial charge in [-0.05, 0) is 32.1 Å². The van der Waals surface area contributed by atoms with E-state index in [2.05, 4.69) is 26.1 Å². The summed E-state index contributed by atoms with van der Waals surface area (Å²) in [5.74, 6) is 0.596. The van der Waals surface area contributed by atoms with Crippen molar-refractivity contribution in [2.45, 2.75) is 63.8 Å². The summed E-state index contributed by atoms with van der Waals surface area (Å²) in [6.45, 7) is 6.55. The van der Waals surface area contributed by atoms with E-state index in [4.69, 9.17) is 0 Å². The predicted octanol–water partition coefficient (Wildman–Crippen LogP) is 1.98. The maximum absolute atomic E-state index is 11.5. The Balaban J connectivity index is 2.51. The molecule has 0 saturated heterocycles. The third-order valence-corrected chi connectivity index (χ3v) is 5.37. The van der Waals surface area contributed by atoms with Crippen molar-refractivity contribution < 1.29 is 8.42 Å². The van der Waals surface area contributed by atoms with Crippen molar-refractivity contribution in [1.29, 1.82) is 0 Å². The molecule has 1 aliphatic rings. The molecule has 1 N–H and O–H groups in total. The smallest absolute Gasteiger partial charge is 0.150 e. The average Bonchev–Trinajstić information content (AvgIpc) is 2.16. The molecule has 0 radical (unpaired) electrons. The van der Waals surface area contributed by atoms with E-state index < -0.39 is 9.84 Å². The van der Waals surface area contributed by atoms with Crippen LogP contribution in [-0.2, 0) is 9.84 Å². The summed E-state index contributed by atoms with van der Waals surface area (Å²) in [4.78, 5) is 0. The van der Waals surface area contributed by atoms with Crippen LogP contribution in [0.4, 0.5) is 0 Å². The summed E-state index contributed by atoms with van der Waals surface area (Å²) >= 11 is 0. The number of sulfone groups is 1. The van der Waals surface area contributed by atoms with Crippen molar-refractivity contribution in [3.8, 4) is 0 Å². The molecule has 0 heterocycles. The first kappa shape index (κ1) is 14.0. The van der Waals surface area contributed by atoms with Crippen LogP contribution < -0.4 is 5.32 Å². The minimum absolute atomic E-state index is 0.127. The highest BCUT2D eigenvalue weighted by Gasteiger charge is 2.29. The molecule has 0 aromatic rings. The molecule has 3 unspecified atom stereocenters. The summed E-state index contributed by atoms with van der Waals surface area (Å²) in [5, 5.41) is 3.43. The Bertz CT molecular complexity index is 311.